The predicted molar refractivity (Wildman–Crippen MR) is 73.7 cm³/mol. The Hall–Kier alpha value is -1.61. The van der Waals surface area contributed by atoms with Crippen LogP contribution in [0.3, 0.4) is 0 Å². The standard InChI is InChI=1S/C16H18N2O/c1-16(2)7-13(19)14(16)15-11-6-4-3-5-10(11)12-8-17-9-18(12)15/h3-6,8-9,13-15,19H,7H2,1-2H3/t13-,14?,15+/m0/s1. The Morgan fingerprint density at radius 1 is 1.32 bits per heavy atom. The van der Waals surface area contributed by atoms with Gasteiger partial charge in [0.1, 0.15) is 0 Å². The fraction of sp³-hybridized carbons (Fsp3) is 0.438. The largest absolute Gasteiger partial charge is 0.393 e. The van der Waals surface area contributed by atoms with Crippen LogP contribution in [0, 0.1) is 11.3 Å². The molecule has 3 nitrogen and oxygen atoms in total. The number of imidazole rings is 1. The van der Waals surface area contributed by atoms with Crippen molar-refractivity contribution >= 4 is 0 Å². The molecule has 0 amide bonds. The van der Waals surface area contributed by atoms with E-state index in [0.29, 0.717) is 0 Å². The Kier molecular flexibility index (Phi) is 2.06. The molecule has 4 rings (SSSR count). The molecule has 3 heteroatoms. The van der Waals surface area contributed by atoms with E-state index >= 15 is 0 Å². The van der Waals surface area contributed by atoms with E-state index in [1.165, 1.54) is 16.8 Å². The molecule has 3 atom stereocenters. The van der Waals surface area contributed by atoms with Crippen LogP contribution >= 0.6 is 0 Å². The van der Waals surface area contributed by atoms with E-state index < -0.39 is 0 Å². The second kappa shape index (κ2) is 3.48. The SMILES string of the molecule is CC1(C)C[C@H](O)C1[C@H]1c2ccccc2-c2cncn21. The summed E-state index contributed by atoms with van der Waals surface area (Å²) in [4.78, 5) is 4.29. The highest BCUT2D eigenvalue weighted by Gasteiger charge is 2.53. The minimum absolute atomic E-state index is 0.184. The summed E-state index contributed by atoms with van der Waals surface area (Å²) >= 11 is 0. The van der Waals surface area contributed by atoms with Crippen molar-refractivity contribution in [2.24, 2.45) is 11.3 Å². The van der Waals surface area contributed by atoms with Crippen molar-refractivity contribution < 1.29 is 5.11 Å². The van der Waals surface area contributed by atoms with Gasteiger partial charge in [-0.3, -0.25) is 0 Å². The molecule has 1 saturated carbocycles. The van der Waals surface area contributed by atoms with Crippen LogP contribution in [-0.4, -0.2) is 20.8 Å². The molecule has 2 heterocycles. The van der Waals surface area contributed by atoms with Gasteiger partial charge in [-0.15, -0.1) is 0 Å². The molecule has 0 radical (unpaired) electrons. The minimum Gasteiger partial charge on any atom is -0.393 e. The third-order valence-electron chi connectivity index (χ3n) is 4.91. The maximum atomic E-state index is 10.3. The molecule has 1 aromatic carbocycles. The van der Waals surface area contributed by atoms with E-state index in [1.54, 1.807) is 0 Å². The van der Waals surface area contributed by atoms with Gasteiger partial charge >= 0.3 is 0 Å². The van der Waals surface area contributed by atoms with E-state index in [2.05, 4.69) is 47.7 Å². The van der Waals surface area contributed by atoms with Crippen molar-refractivity contribution in [1.82, 2.24) is 9.55 Å². The first-order chi connectivity index (χ1) is 9.09. The lowest BCUT2D eigenvalue weighted by molar-refractivity contribution is -0.103. The first kappa shape index (κ1) is 11.2. The first-order valence-corrected chi connectivity index (χ1v) is 6.89. The minimum atomic E-state index is -0.207. The van der Waals surface area contributed by atoms with E-state index in [-0.39, 0.29) is 23.5 Å². The molecule has 1 aliphatic carbocycles. The number of aliphatic hydroxyl groups excluding tert-OH is 1. The number of nitrogens with zero attached hydrogens (tertiary/aromatic N) is 2. The Balaban J connectivity index is 1.90. The number of fused-ring (bicyclic) bond motifs is 3. The maximum Gasteiger partial charge on any atom is 0.0956 e. The highest BCUT2D eigenvalue weighted by molar-refractivity contribution is 5.69. The van der Waals surface area contributed by atoms with Crippen molar-refractivity contribution in [1.29, 1.82) is 0 Å². The molecule has 1 fully saturated rings. The molecular weight excluding hydrogens is 236 g/mol. The van der Waals surface area contributed by atoms with Crippen LogP contribution in [0.1, 0.15) is 31.9 Å². The topological polar surface area (TPSA) is 38.1 Å². The average molecular weight is 254 g/mol. The Labute approximate surface area is 112 Å². The molecule has 1 aromatic heterocycles. The van der Waals surface area contributed by atoms with Gasteiger partial charge in [-0.25, -0.2) is 4.98 Å². The van der Waals surface area contributed by atoms with Gasteiger partial charge in [0.15, 0.2) is 0 Å². The summed E-state index contributed by atoms with van der Waals surface area (Å²) < 4.78 is 2.24. The molecule has 1 aliphatic heterocycles. The molecule has 19 heavy (non-hydrogen) atoms. The summed E-state index contributed by atoms with van der Waals surface area (Å²) in [5, 5.41) is 10.3. The Morgan fingerprint density at radius 2 is 2.11 bits per heavy atom. The van der Waals surface area contributed by atoms with Gasteiger partial charge in [-0.05, 0) is 17.4 Å². The fourth-order valence-corrected chi connectivity index (χ4v) is 4.04. The van der Waals surface area contributed by atoms with Crippen LogP contribution in [0.15, 0.2) is 36.8 Å². The maximum absolute atomic E-state index is 10.3. The van der Waals surface area contributed by atoms with Crippen molar-refractivity contribution in [2.45, 2.75) is 32.4 Å². The van der Waals surface area contributed by atoms with E-state index in [4.69, 9.17) is 0 Å². The summed E-state index contributed by atoms with van der Waals surface area (Å²) in [5.41, 5.74) is 3.95. The van der Waals surface area contributed by atoms with Crippen LogP contribution < -0.4 is 0 Å². The molecule has 98 valence electrons. The zero-order valence-electron chi connectivity index (χ0n) is 11.2. The summed E-state index contributed by atoms with van der Waals surface area (Å²) in [6, 6.07) is 8.73. The second-order valence-electron chi connectivity index (χ2n) is 6.50. The van der Waals surface area contributed by atoms with Crippen LogP contribution in [0.4, 0.5) is 0 Å². The quantitative estimate of drug-likeness (QED) is 0.849. The molecule has 1 unspecified atom stereocenters. The second-order valence-corrected chi connectivity index (χ2v) is 6.50. The van der Waals surface area contributed by atoms with Gasteiger partial charge in [0, 0.05) is 11.5 Å². The van der Waals surface area contributed by atoms with Gasteiger partial charge in [-0.2, -0.15) is 0 Å². The van der Waals surface area contributed by atoms with Crippen molar-refractivity contribution in [3.8, 4) is 11.3 Å². The van der Waals surface area contributed by atoms with E-state index in [1.807, 2.05) is 12.5 Å². The van der Waals surface area contributed by atoms with Crippen LogP contribution in [0.25, 0.3) is 11.3 Å². The molecule has 0 bridgehead atoms. The van der Waals surface area contributed by atoms with Crippen LogP contribution in [-0.2, 0) is 0 Å². The molecular formula is C16H18N2O. The molecule has 0 spiro atoms. The normalized spacial score (nSPS) is 30.6. The number of benzene rings is 1. The van der Waals surface area contributed by atoms with E-state index in [0.717, 1.165) is 6.42 Å². The average Bonchev–Trinajstić information content (AvgIpc) is 2.92. The molecule has 2 aliphatic rings. The van der Waals surface area contributed by atoms with Gasteiger partial charge in [0.2, 0.25) is 0 Å². The summed E-state index contributed by atoms with van der Waals surface area (Å²) in [6.07, 6.45) is 4.51. The third kappa shape index (κ3) is 1.34. The van der Waals surface area contributed by atoms with Crippen molar-refractivity contribution in [3.63, 3.8) is 0 Å². The first-order valence-electron chi connectivity index (χ1n) is 6.89. The van der Waals surface area contributed by atoms with E-state index in [9.17, 15) is 5.11 Å². The smallest absolute Gasteiger partial charge is 0.0956 e. The monoisotopic (exact) mass is 254 g/mol. The number of rotatable bonds is 1. The zero-order chi connectivity index (χ0) is 13.2. The zero-order valence-corrected chi connectivity index (χ0v) is 11.2. The highest BCUT2D eigenvalue weighted by atomic mass is 16.3. The van der Waals surface area contributed by atoms with Crippen LogP contribution in [0.5, 0.6) is 0 Å². The van der Waals surface area contributed by atoms with Crippen molar-refractivity contribution in [3.05, 3.63) is 42.4 Å². The lowest BCUT2D eigenvalue weighted by atomic mass is 9.57. The Morgan fingerprint density at radius 3 is 2.84 bits per heavy atom. The van der Waals surface area contributed by atoms with Crippen molar-refractivity contribution in [2.75, 3.05) is 0 Å². The summed E-state index contributed by atoms with van der Waals surface area (Å²) in [5.74, 6) is 0.268. The summed E-state index contributed by atoms with van der Waals surface area (Å²) in [6.45, 7) is 4.50. The van der Waals surface area contributed by atoms with Crippen LogP contribution in [0.2, 0.25) is 0 Å². The molecule has 2 aromatic rings. The third-order valence-corrected chi connectivity index (χ3v) is 4.91. The Bertz CT molecular complexity index is 644. The highest BCUT2D eigenvalue weighted by Crippen LogP contribution is 2.56. The molecule has 1 N–H and O–H groups in total. The van der Waals surface area contributed by atoms with Gasteiger partial charge in [0.05, 0.1) is 30.4 Å². The predicted octanol–water partition coefficient (Wildman–Crippen LogP) is 2.86. The number of hydrogen-bond acceptors (Lipinski definition) is 2. The fourth-order valence-electron chi connectivity index (χ4n) is 4.04. The van der Waals surface area contributed by atoms with Gasteiger partial charge in [-0.1, -0.05) is 38.1 Å². The molecule has 0 saturated heterocycles. The van der Waals surface area contributed by atoms with Gasteiger partial charge < -0.3 is 9.67 Å². The van der Waals surface area contributed by atoms with Gasteiger partial charge in [0.25, 0.3) is 0 Å². The number of aliphatic hydroxyl groups is 1. The number of aromatic nitrogens is 2. The number of hydrogen-bond donors (Lipinski definition) is 1. The lowest BCUT2D eigenvalue weighted by Gasteiger charge is -2.52. The summed E-state index contributed by atoms with van der Waals surface area (Å²) in [7, 11) is 0. The lowest BCUT2D eigenvalue weighted by Crippen LogP contribution is -2.51.